The van der Waals surface area contributed by atoms with Gasteiger partial charge in [0.15, 0.2) is 5.69 Å². The number of rotatable bonds is 2. The second-order valence-corrected chi connectivity index (χ2v) is 6.46. The Balaban J connectivity index is 1.65. The highest BCUT2D eigenvalue weighted by Crippen LogP contribution is 2.34. The van der Waals surface area contributed by atoms with Crippen molar-refractivity contribution in [3.8, 4) is 11.3 Å². The molecule has 1 aromatic carbocycles. The van der Waals surface area contributed by atoms with Crippen LogP contribution in [0.5, 0.6) is 0 Å². The second-order valence-electron chi connectivity index (χ2n) is 6.46. The fourth-order valence-electron chi connectivity index (χ4n) is 3.41. The maximum absolute atomic E-state index is 14.0. The molecule has 0 amide bonds. The van der Waals surface area contributed by atoms with Gasteiger partial charge < -0.3 is 9.88 Å². The Bertz CT molecular complexity index is 982. The number of benzene rings is 1. The van der Waals surface area contributed by atoms with Crippen molar-refractivity contribution >= 4 is 5.82 Å². The van der Waals surface area contributed by atoms with Crippen LogP contribution in [-0.4, -0.2) is 21.3 Å². The lowest BCUT2D eigenvalue weighted by Crippen LogP contribution is -2.31. The van der Waals surface area contributed by atoms with Crippen LogP contribution in [0, 0.1) is 11.6 Å². The third-order valence-corrected chi connectivity index (χ3v) is 4.69. The first-order chi connectivity index (χ1) is 12.7. The number of nitrogens with zero attached hydrogens (tertiary/aromatic N) is 3. The molecule has 0 spiro atoms. The van der Waals surface area contributed by atoms with E-state index in [1.165, 1.54) is 29.9 Å². The molecule has 0 radical (unpaired) electrons. The first-order valence-electron chi connectivity index (χ1n) is 8.25. The van der Waals surface area contributed by atoms with Crippen molar-refractivity contribution in [1.29, 1.82) is 0 Å². The number of nitrogens with one attached hydrogen (secondary N) is 1. The highest BCUT2D eigenvalue weighted by atomic mass is 19.4. The number of aromatic nitrogens is 3. The van der Waals surface area contributed by atoms with Gasteiger partial charge in [0.05, 0.1) is 11.3 Å². The normalized spacial score (nSPS) is 14.5. The number of alkyl halides is 3. The molecule has 0 bridgehead atoms. The maximum Gasteiger partial charge on any atom is 0.435 e. The predicted octanol–water partition coefficient (Wildman–Crippen LogP) is 4.27. The third-order valence-electron chi connectivity index (χ3n) is 4.69. The average molecular weight is 382 g/mol. The van der Waals surface area contributed by atoms with E-state index < -0.39 is 23.5 Å². The number of aromatic amines is 1. The molecule has 0 aliphatic carbocycles. The molecule has 0 atom stereocenters. The Morgan fingerprint density at radius 2 is 1.81 bits per heavy atom. The molecule has 3 heterocycles. The Kier molecular flexibility index (Phi) is 3.97. The second kappa shape index (κ2) is 6.11. The van der Waals surface area contributed by atoms with Gasteiger partial charge in [0, 0.05) is 38.3 Å². The summed E-state index contributed by atoms with van der Waals surface area (Å²) in [6.07, 6.45) is -4.00. The van der Waals surface area contributed by atoms with Gasteiger partial charge in [0.2, 0.25) is 0 Å². The summed E-state index contributed by atoms with van der Waals surface area (Å²) in [6.45, 7) is 0.780. The average Bonchev–Trinajstić information content (AvgIpc) is 3.17. The van der Waals surface area contributed by atoms with Crippen molar-refractivity contribution in [1.82, 2.24) is 14.8 Å². The molecule has 2 aromatic heterocycles. The van der Waals surface area contributed by atoms with Gasteiger partial charge in [0.1, 0.15) is 17.5 Å². The summed E-state index contributed by atoms with van der Waals surface area (Å²) in [7, 11) is 1.46. The Hall–Kier alpha value is -2.84. The molecule has 1 aliphatic heterocycles. The molecule has 0 unspecified atom stereocenters. The van der Waals surface area contributed by atoms with Crippen LogP contribution in [0.1, 0.15) is 17.0 Å². The summed E-state index contributed by atoms with van der Waals surface area (Å²) < 4.78 is 67.9. The molecule has 142 valence electrons. The van der Waals surface area contributed by atoms with E-state index in [4.69, 9.17) is 0 Å². The predicted molar refractivity (Wildman–Crippen MR) is 89.1 cm³/mol. The molecule has 4 rings (SSSR count). The lowest BCUT2D eigenvalue weighted by molar-refractivity contribution is -0.141. The van der Waals surface area contributed by atoms with E-state index in [9.17, 15) is 22.0 Å². The van der Waals surface area contributed by atoms with E-state index >= 15 is 0 Å². The number of hydrogen-bond donors (Lipinski definition) is 1. The number of anilines is 1. The SMILES string of the molecule is Cn1nc(C(F)(F)F)cc1N1CCc2[nH]c(-c3c(F)cccc3F)cc2C1. The summed E-state index contributed by atoms with van der Waals surface area (Å²) in [5.41, 5.74) is 0.835. The maximum atomic E-state index is 14.0. The Morgan fingerprint density at radius 3 is 2.44 bits per heavy atom. The number of H-pyrrole nitrogens is 1. The summed E-state index contributed by atoms with van der Waals surface area (Å²) in [5.74, 6) is -1.01. The third kappa shape index (κ3) is 3.07. The fraction of sp³-hybridized carbons (Fsp3) is 0.278. The minimum absolute atomic E-state index is 0.140. The van der Waals surface area contributed by atoms with Crippen molar-refractivity contribution in [2.24, 2.45) is 7.05 Å². The van der Waals surface area contributed by atoms with Crippen LogP contribution in [0.4, 0.5) is 27.8 Å². The van der Waals surface area contributed by atoms with Crippen LogP contribution in [0.3, 0.4) is 0 Å². The van der Waals surface area contributed by atoms with E-state index in [0.717, 1.165) is 17.3 Å². The molecular weight excluding hydrogens is 367 g/mol. The van der Waals surface area contributed by atoms with Crippen molar-refractivity contribution < 1.29 is 22.0 Å². The van der Waals surface area contributed by atoms with Crippen LogP contribution >= 0.6 is 0 Å². The molecule has 4 nitrogen and oxygen atoms in total. The van der Waals surface area contributed by atoms with Crippen LogP contribution in [0.25, 0.3) is 11.3 Å². The fourth-order valence-corrected chi connectivity index (χ4v) is 3.41. The van der Waals surface area contributed by atoms with E-state index in [-0.39, 0.29) is 5.56 Å². The van der Waals surface area contributed by atoms with Crippen LogP contribution < -0.4 is 4.90 Å². The molecule has 1 aliphatic rings. The van der Waals surface area contributed by atoms with Crippen molar-refractivity contribution in [2.75, 3.05) is 11.4 Å². The van der Waals surface area contributed by atoms with E-state index in [1.54, 1.807) is 11.0 Å². The van der Waals surface area contributed by atoms with Gasteiger partial charge in [-0.2, -0.15) is 18.3 Å². The summed E-state index contributed by atoms with van der Waals surface area (Å²) in [6, 6.07) is 6.30. The summed E-state index contributed by atoms with van der Waals surface area (Å²) >= 11 is 0. The molecule has 0 saturated heterocycles. The monoisotopic (exact) mass is 382 g/mol. The largest absolute Gasteiger partial charge is 0.435 e. The molecule has 3 aromatic rings. The quantitative estimate of drug-likeness (QED) is 0.672. The zero-order chi connectivity index (χ0) is 19.3. The standard InChI is InChI=1S/C18H15F5N4/c1-26-16(8-15(25-26)18(21,22)23)27-6-5-13-10(9-27)7-14(24-13)17-11(19)3-2-4-12(17)20/h2-4,7-8,24H,5-6,9H2,1H3. The lowest BCUT2D eigenvalue weighted by Gasteiger charge is -2.28. The van der Waals surface area contributed by atoms with Crippen LogP contribution in [-0.2, 0) is 26.2 Å². The number of fused-ring (bicyclic) bond motifs is 1. The summed E-state index contributed by atoms with van der Waals surface area (Å²) in [5, 5.41) is 3.53. The molecule has 0 fully saturated rings. The van der Waals surface area contributed by atoms with E-state index in [1.807, 2.05) is 0 Å². The Labute approximate surface area is 151 Å². The Morgan fingerprint density at radius 1 is 1.11 bits per heavy atom. The van der Waals surface area contributed by atoms with E-state index in [2.05, 4.69) is 10.1 Å². The number of aryl methyl sites for hydroxylation is 1. The van der Waals surface area contributed by atoms with Gasteiger partial charge in [-0.25, -0.2) is 8.78 Å². The van der Waals surface area contributed by atoms with Gasteiger partial charge >= 0.3 is 6.18 Å². The number of hydrogen-bond acceptors (Lipinski definition) is 2. The first-order valence-corrected chi connectivity index (χ1v) is 8.25. The molecule has 0 saturated carbocycles. The molecular formula is C18H15F5N4. The number of halogens is 5. The van der Waals surface area contributed by atoms with Gasteiger partial charge in [-0.05, 0) is 23.8 Å². The topological polar surface area (TPSA) is 36.9 Å². The van der Waals surface area contributed by atoms with Crippen LogP contribution in [0.15, 0.2) is 30.3 Å². The van der Waals surface area contributed by atoms with Gasteiger partial charge in [-0.15, -0.1) is 0 Å². The summed E-state index contributed by atoms with van der Waals surface area (Å²) in [4.78, 5) is 4.80. The van der Waals surface area contributed by atoms with Gasteiger partial charge in [0.25, 0.3) is 0 Å². The minimum atomic E-state index is -4.51. The first kappa shape index (κ1) is 17.6. The minimum Gasteiger partial charge on any atom is -0.358 e. The molecule has 1 N–H and O–H groups in total. The van der Waals surface area contributed by atoms with Crippen molar-refractivity contribution in [3.63, 3.8) is 0 Å². The zero-order valence-corrected chi connectivity index (χ0v) is 14.2. The lowest BCUT2D eigenvalue weighted by atomic mass is 10.1. The highest BCUT2D eigenvalue weighted by Gasteiger charge is 2.35. The zero-order valence-electron chi connectivity index (χ0n) is 14.2. The van der Waals surface area contributed by atoms with Crippen molar-refractivity contribution in [2.45, 2.75) is 19.1 Å². The molecule has 9 heteroatoms. The van der Waals surface area contributed by atoms with Crippen molar-refractivity contribution in [3.05, 3.63) is 58.9 Å². The van der Waals surface area contributed by atoms with Gasteiger partial charge in [-0.3, -0.25) is 4.68 Å². The van der Waals surface area contributed by atoms with E-state index in [0.29, 0.717) is 31.0 Å². The van der Waals surface area contributed by atoms with Crippen LogP contribution in [0.2, 0.25) is 0 Å². The highest BCUT2D eigenvalue weighted by molar-refractivity contribution is 5.64. The smallest absolute Gasteiger partial charge is 0.358 e. The molecule has 27 heavy (non-hydrogen) atoms. The van der Waals surface area contributed by atoms with Gasteiger partial charge in [-0.1, -0.05) is 6.07 Å².